The highest BCUT2D eigenvalue weighted by Crippen LogP contribution is 2.18. The number of nitrogen functional groups attached to an aromatic ring is 1. The molecule has 4 heteroatoms. The zero-order valence-corrected chi connectivity index (χ0v) is 5.77. The van der Waals surface area contributed by atoms with Crippen LogP contribution in [0, 0.1) is 11.6 Å². The molecule has 1 aromatic carbocycles. The largest absolute Gasteiger partial charge is 0.396 e. The van der Waals surface area contributed by atoms with Gasteiger partial charge in [0, 0.05) is 6.54 Å². The molecule has 0 fully saturated rings. The number of hydrogen-bond donors (Lipinski definition) is 2. The van der Waals surface area contributed by atoms with E-state index in [2.05, 4.69) is 0 Å². The van der Waals surface area contributed by atoms with Crippen LogP contribution < -0.4 is 11.5 Å². The Morgan fingerprint density at radius 1 is 1.27 bits per heavy atom. The molecule has 1 aromatic rings. The fourth-order valence-electron chi connectivity index (χ4n) is 0.784. The van der Waals surface area contributed by atoms with E-state index in [1.165, 1.54) is 6.07 Å². The molecule has 1 rings (SSSR count). The molecule has 0 aliphatic heterocycles. The quantitative estimate of drug-likeness (QED) is 0.599. The Balaban J connectivity index is 3.25. The van der Waals surface area contributed by atoms with Gasteiger partial charge in [-0.25, -0.2) is 8.78 Å². The molecule has 0 aliphatic rings. The van der Waals surface area contributed by atoms with Gasteiger partial charge in [-0.15, -0.1) is 0 Å². The Morgan fingerprint density at radius 3 is 2.45 bits per heavy atom. The lowest BCUT2D eigenvalue weighted by Crippen LogP contribution is -2.04. The molecule has 0 bridgehead atoms. The van der Waals surface area contributed by atoms with Gasteiger partial charge in [0.2, 0.25) is 0 Å². The molecule has 0 spiro atoms. The third-order valence-corrected chi connectivity index (χ3v) is 1.44. The van der Waals surface area contributed by atoms with Crippen LogP contribution in [-0.2, 0) is 6.54 Å². The SMILES string of the molecule is NCc1ccc(F)c(F)c1N. The summed E-state index contributed by atoms with van der Waals surface area (Å²) in [6.45, 7) is 0.114. The summed E-state index contributed by atoms with van der Waals surface area (Å²) >= 11 is 0. The first kappa shape index (κ1) is 7.94. The third-order valence-electron chi connectivity index (χ3n) is 1.44. The van der Waals surface area contributed by atoms with Crippen LogP contribution in [-0.4, -0.2) is 0 Å². The minimum atomic E-state index is -1.02. The smallest absolute Gasteiger partial charge is 0.181 e. The van der Waals surface area contributed by atoms with Crippen molar-refractivity contribution in [1.82, 2.24) is 0 Å². The van der Waals surface area contributed by atoms with E-state index >= 15 is 0 Å². The van der Waals surface area contributed by atoms with Crippen LogP contribution in [0.25, 0.3) is 0 Å². The van der Waals surface area contributed by atoms with E-state index in [0.717, 1.165) is 6.07 Å². The Kier molecular flexibility index (Phi) is 2.05. The van der Waals surface area contributed by atoms with Gasteiger partial charge in [-0.1, -0.05) is 6.07 Å². The van der Waals surface area contributed by atoms with Crippen LogP contribution in [0.15, 0.2) is 12.1 Å². The predicted molar refractivity (Wildman–Crippen MR) is 38.7 cm³/mol. The summed E-state index contributed by atoms with van der Waals surface area (Å²) in [5, 5.41) is 0. The highest BCUT2D eigenvalue weighted by molar-refractivity contribution is 5.48. The molecule has 2 nitrogen and oxygen atoms in total. The third kappa shape index (κ3) is 1.30. The normalized spacial score (nSPS) is 10.1. The monoisotopic (exact) mass is 158 g/mol. The zero-order valence-electron chi connectivity index (χ0n) is 5.77. The minimum absolute atomic E-state index is 0.114. The Labute approximate surface area is 62.8 Å². The molecule has 0 radical (unpaired) electrons. The van der Waals surface area contributed by atoms with E-state index in [1.807, 2.05) is 0 Å². The molecule has 0 aliphatic carbocycles. The Morgan fingerprint density at radius 2 is 1.91 bits per heavy atom. The first-order valence-corrected chi connectivity index (χ1v) is 3.09. The summed E-state index contributed by atoms with van der Waals surface area (Å²) in [6.07, 6.45) is 0. The number of hydrogen-bond acceptors (Lipinski definition) is 2. The van der Waals surface area contributed by atoms with E-state index in [9.17, 15) is 8.78 Å². The van der Waals surface area contributed by atoms with Crippen LogP contribution in [0.2, 0.25) is 0 Å². The predicted octanol–water partition coefficient (Wildman–Crippen LogP) is 1.01. The van der Waals surface area contributed by atoms with Gasteiger partial charge in [0.05, 0.1) is 5.69 Å². The molecule has 60 valence electrons. The van der Waals surface area contributed by atoms with Crippen molar-refractivity contribution in [1.29, 1.82) is 0 Å². The molecule has 0 unspecified atom stereocenters. The van der Waals surface area contributed by atoms with Gasteiger partial charge in [0.25, 0.3) is 0 Å². The van der Waals surface area contributed by atoms with Crippen molar-refractivity contribution in [2.24, 2.45) is 5.73 Å². The standard InChI is InChI=1S/C7H8F2N2/c8-5-2-1-4(3-10)7(11)6(5)9/h1-2H,3,10-11H2. The fraction of sp³-hybridized carbons (Fsp3) is 0.143. The second kappa shape index (κ2) is 2.84. The summed E-state index contributed by atoms with van der Waals surface area (Å²) < 4.78 is 25.0. The number of rotatable bonds is 1. The van der Waals surface area contributed by atoms with Crippen LogP contribution in [0.3, 0.4) is 0 Å². The summed E-state index contributed by atoms with van der Waals surface area (Å²) in [4.78, 5) is 0. The number of nitrogens with two attached hydrogens (primary N) is 2. The molecule has 0 amide bonds. The second-order valence-corrected chi connectivity index (χ2v) is 2.14. The van der Waals surface area contributed by atoms with Crippen molar-refractivity contribution in [3.8, 4) is 0 Å². The summed E-state index contributed by atoms with van der Waals surface area (Å²) in [6, 6.07) is 2.38. The van der Waals surface area contributed by atoms with Crippen LogP contribution in [0.1, 0.15) is 5.56 Å². The topological polar surface area (TPSA) is 52.0 Å². The zero-order chi connectivity index (χ0) is 8.43. The lowest BCUT2D eigenvalue weighted by atomic mass is 10.1. The Bertz CT molecular complexity index is 273. The number of benzene rings is 1. The molecule has 0 atom stereocenters. The number of halogens is 2. The molecule has 0 aromatic heterocycles. The van der Waals surface area contributed by atoms with E-state index < -0.39 is 11.6 Å². The van der Waals surface area contributed by atoms with Gasteiger partial charge in [0.15, 0.2) is 11.6 Å². The highest BCUT2D eigenvalue weighted by Gasteiger charge is 2.08. The maximum Gasteiger partial charge on any atom is 0.181 e. The van der Waals surface area contributed by atoms with Gasteiger partial charge in [0.1, 0.15) is 0 Å². The van der Waals surface area contributed by atoms with Crippen LogP contribution in [0.5, 0.6) is 0 Å². The summed E-state index contributed by atoms with van der Waals surface area (Å²) in [7, 11) is 0. The average Bonchev–Trinajstić information content (AvgIpc) is 2.01. The van der Waals surface area contributed by atoms with Gasteiger partial charge < -0.3 is 11.5 Å². The molecule has 4 N–H and O–H groups in total. The summed E-state index contributed by atoms with van der Waals surface area (Å²) in [5.74, 6) is -1.97. The van der Waals surface area contributed by atoms with Gasteiger partial charge >= 0.3 is 0 Å². The molecule has 0 heterocycles. The van der Waals surface area contributed by atoms with Gasteiger partial charge in [-0.3, -0.25) is 0 Å². The van der Waals surface area contributed by atoms with Crippen molar-refractivity contribution < 1.29 is 8.78 Å². The van der Waals surface area contributed by atoms with E-state index in [4.69, 9.17) is 11.5 Å². The van der Waals surface area contributed by atoms with Gasteiger partial charge in [-0.2, -0.15) is 0 Å². The molecular weight excluding hydrogens is 150 g/mol. The fourth-order valence-corrected chi connectivity index (χ4v) is 0.784. The van der Waals surface area contributed by atoms with E-state index in [0.29, 0.717) is 5.56 Å². The Hall–Kier alpha value is -1.16. The lowest BCUT2D eigenvalue weighted by molar-refractivity contribution is 0.511. The maximum atomic E-state index is 12.6. The van der Waals surface area contributed by atoms with Crippen molar-refractivity contribution >= 4 is 5.69 Å². The molecule has 11 heavy (non-hydrogen) atoms. The number of anilines is 1. The maximum absolute atomic E-state index is 12.6. The average molecular weight is 158 g/mol. The lowest BCUT2D eigenvalue weighted by Gasteiger charge is -2.03. The van der Waals surface area contributed by atoms with Crippen molar-refractivity contribution in [2.45, 2.75) is 6.54 Å². The van der Waals surface area contributed by atoms with E-state index in [1.54, 1.807) is 0 Å². The molecular formula is C7H8F2N2. The minimum Gasteiger partial charge on any atom is -0.396 e. The highest BCUT2D eigenvalue weighted by atomic mass is 19.2. The van der Waals surface area contributed by atoms with E-state index in [-0.39, 0.29) is 12.2 Å². The second-order valence-electron chi connectivity index (χ2n) is 2.14. The van der Waals surface area contributed by atoms with Crippen LogP contribution in [0.4, 0.5) is 14.5 Å². The summed E-state index contributed by atoms with van der Waals surface area (Å²) in [5.41, 5.74) is 10.6. The first-order valence-electron chi connectivity index (χ1n) is 3.09. The van der Waals surface area contributed by atoms with Crippen molar-refractivity contribution in [3.05, 3.63) is 29.3 Å². The van der Waals surface area contributed by atoms with Crippen molar-refractivity contribution in [3.63, 3.8) is 0 Å². The molecule has 0 saturated heterocycles. The first-order chi connectivity index (χ1) is 5.16. The van der Waals surface area contributed by atoms with Crippen LogP contribution >= 0.6 is 0 Å². The van der Waals surface area contributed by atoms with Gasteiger partial charge in [-0.05, 0) is 11.6 Å². The molecule has 0 saturated carbocycles. The van der Waals surface area contributed by atoms with Crippen molar-refractivity contribution in [2.75, 3.05) is 5.73 Å².